The molecule has 1 heterocycles. The van der Waals surface area contributed by atoms with E-state index >= 15 is 0 Å². The standard InChI is InChI=1S/C17H24N2O2S/c1-12-7-5-6-8-15(12)21-10-14(20)9-18-17(3,4)16-19-13(2)11-22-16/h5-8,11,14,18,20H,9-10H2,1-4H3. The zero-order chi connectivity index (χ0) is 16.2. The summed E-state index contributed by atoms with van der Waals surface area (Å²) in [4.78, 5) is 4.51. The average Bonchev–Trinajstić information content (AvgIpc) is 2.92. The van der Waals surface area contributed by atoms with Gasteiger partial charge < -0.3 is 15.2 Å². The fraction of sp³-hybridized carbons (Fsp3) is 0.471. The molecule has 1 aromatic heterocycles. The van der Waals surface area contributed by atoms with Crippen molar-refractivity contribution in [2.75, 3.05) is 13.2 Å². The Balaban J connectivity index is 1.82. The Kier molecular flexibility index (Phi) is 5.56. The van der Waals surface area contributed by atoms with Gasteiger partial charge in [-0.25, -0.2) is 4.98 Å². The molecule has 4 nitrogen and oxygen atoms in total. The van der Waals surface area contributed by atoms with Crippen molar-refractivity contribution < 1.29 is 9.84 Å². The minimum absolute atomic E-state index is 0.261. The Hall–Kier alpha value is -1.43. The van der Waals surface area contributed by atoms with Crippen LogP contribution in [0.2, 0.25) is 0 Å². The Bertz CT molecular complexity index is 610. The maximum Gasteiger partial charge on any atom is 0.122 e. The lowest BCUT2D eigenvalue weighted by Gasteiger charge is -2.25. The molecule has 0 spiro atoms. The molecule has 120 valence electrons. The van der Waals surface area contributed by atoms with Gasteiger partial charge in [-0.1, -0.05) is 18.2 Å². The highest BCUT2D eigenvalue weighted by molar-refractivity contribution is 7.09. The SMILES string of the molecule is Cc1csc(C(C)(C)NCC(O)COc2ccccc2C)n1. The van der Waals surface area contributed by atoms with Gasteiger partial charge in [0.15, 0.2) is 0 Å². The lowest BCUT2D eigenvalue weighted by Crippen LogP contribution is -2.42. The van der Waals surface area contributed by atoms with Crippen molar-refractivity contribution in [3.8, 4) is 5.75 Å². The maximum absolute atomic E-state index is 10.1. The highest BCUT2D eigenvalue weighted by Gasteiger charge is 2.24. The monoisotopic (exact) mass is 320 g/mol. The molecule has 1 aromatic carbocycles. The van der Waals surface area contributed by atoms with Gasteiger partial charge in [-0.3, -0.25) is 0 Å². The van der Waals surface area contributed by atoms with Crippen LogP contribution in [-0.4, -0.2) is 29.3 Å². The predicted octanol–water partition coefficient (Wildman–Crippen LogP) is 3.02. The summed E-state index contributed by atoms with van der Waals surface area (Å²) in [5, 5.41) is 16.5. The second-order valence-electron chi connectivity index (χ2n) is 6.03. The molecule has 22 heavy (non-hydrogen) atoms. The number of thiazole rings is 1. The minimum atomic E-state index is -0.569. The van der Waals surface area contributed by atoms with Crippen LogP contribution in [0.4, 0.5) is 0 Å². The van der Waals surface area contributed by atoms with E-state index in [4.69, 9.17) is 4.74 Å². The predicted molar refractivity (Wildman–Crippen MR) is 90.6 cm³/mol. The van der Waals surface area contributed by atoms with Gasteiger partial charge in [-0.05, 0) is 39.3 Å². The van der Waals surface area contributed by atoms with Gasteiger partial charge in [0.2, 0.25) is 0 Å². The summed E-state index contributed by atoms with van der Waals surface area (Å²) in [6.45, 7) is 8.84. The number of hydrogen-bond acceptors (Lipinski definition) is 5. The number of nitrogens with one attached hydrogen (secondary N) is 1. The number of aromatic nitrogens is 1. The van der Waals surface area contributed by atoms with Gasteiger partial charge in [-0.15, -0.1) is 11.3 Å². The molecule has 2 rings (SSSR count). The Labute approximate surface area is 136 Å². The van der Waals surface area contributed by atoms with E-state index in [1.165, 1.54) is 0 Å². The number of benzene rings is 1. The summed E-state index contributed by atoms with van der Waals surface area (Å²) >= 11 is 1.63. The normalized spacial score (nSPS) is 13.1. The third kappa shape index (κ3) is 4.53. The van der Waals surface area contributed by atoms with Gasteiger partial charge in [0.25, 0.3) is 0 Å². The van der Waals surface area contributed by atoms with Crippen LogP contribution < -0.4 is 10.1 Å². The lowest BCUT2D eigenvalue weighted by molar-refractivity contribution is 0.0984. The summed E-state index contributed by atoms with van der Waals surface area (Å²) in [6, 6.07) is 7.81. The highest BCUT2D eigenvalue weighted by atomic mass is 32.1. The van der Waals surface area contributed by atoms with E-state index < -0.39 is 6.10 Å². The van der Waals surface area contributed by atoms with Crippen LogP contribution in [0.15, 0.2) is 29.6 Å². The molecule has 0 aliphatic rings. The van der Waals surface area contributed by atoms with Crippen molar-refractivity contribution in [3.05, 3.63) is 45.9 Å². The molecule has 0 saturated heterocycles. The average molecular weight is 320 g/mol. The van der Waals surface area contributed by atoms with E-state index in [0.717, 1.165) is 22.0 Å². The molecular formula is C17H24N2O2S. The molecule has 0 aliphatic carbocycles. The Morgan fingerprint density at radius 3 is 2.68 bits per heavy atom. The number of aryl methyl sites for hydroxylation is 2. The summed E-state index contributed by atoms with van der Waals surface area (Å²) in [7, 11) is 0. The number of aliphatic hydroxyl groups is 1. The van der Waals surface area contributed by atoms with Crippen molar-refractivity contribution in [1.82, 2.24) is 10.3 Å². The molecule has 2 aromatic rings. The number of rotatable bonds is 7. The Morgan fingerprint density at radius 1 is 1.32 bits per heavy atom. The second-order valence-corrected chi connectivity index (χ2v) is 6.89. The molecule has 2 N–H and O–H groups in total. The fourth-order valence-electron chi connectivity index (χ4n) is 2.05. The lowest BCUT2D eigenvalue weighted by atomic mass is 10.1. The van der Waals surface area contributed by atoms with E-state index in [9.17, 15) is 5.11 Å². The van der Waals surface area contributed by atoms with Crippen LogP contribution in [0.5, 0.6) is 5.75 Å². The topological polar surface area (TPSA) is 54.4 Å². The zero-order valence-corrected chi connectivity index (χ0v) is 14.4. The first-order valence-corrected chi connectivity index (χ1v) is 8.30. The van der Waals surface area contributed by atoms with Crippen LogP contribution in [-0.2, 0) is 5.54 Å². The molecule has 0 radical (unpaired) electrons. The second kappa shape index (κ2) is 7.22. The van der Waals surface area contributed by atoms with Crippen LogP contribution in [0.3, 0.4) is 0 Å². The van der Waals surface area contributed by atoms with Gasteiger partial charge in [0, 0.05) is 17.6 Å². The molecule has 0 saturated carbocycles. The van der Waals surface area contributed by atoms with Crippen LogP contribution in [0.25, 0.3) is 0 Å². The fourth-order valence-corrected chi connectivity index (χ4v) is 2.95. The summed E-state index contributed by atoms with van der Waals surface area (Å²) < 4.78 is 5.67. The molecule has 0 bridgehead atoms. The molecule has 1 unspecified atom stereocenters. The molecule has 1 atom stereocenters. The van der Waals surface area contributed by atoms with Crippen molar-refractivity contribution >= 4 is 11.3 Å². The minimum Gasteiger partial charge on any atom is -0.491 e. The third-order valence-corrected chi connectivity index (χ3v) is 4.74. The van der Waals surface area contributed by atoms with E-state index in [1.807, 2.05) is 43.5 Å². The highest BCUT2D eigenvalue weighted by Crippen LogP contribution is 2.23. The van der Waals surface area contributed by atoms with E-state index in [0.29, 0.717) is 6.54 Å². The number of aliphatic hydroxyl groups excluding tert-OH is 1. The van der Waals surface area contributed by atoms with Gasteiger partial charge in [-0.2, -0.15) is 0 Å². The van der Waals surface area contributed by atoms with Crippen molar-refractivity contribution in [2.24, 2.45) is 0 Å². The zero-order valence-electron chi connectivity index (χ0n) is 13.6. The number of ether oxygens (including phenoxy) is 1. The van der Waals surface area contributed by atoms with Crippen molar-refractivity contribution in [1.29, 1.82) is 0 Å². The van der Waals surface area contributed by atoms with Crippen LogP contribution >= 0.6 is 11.3 Å². The van der Waals surface area contributed by atoms with E-state index in [-0.39, 0.29) is 12.1 Å². The largest absolute Gasteiger partial charge is 0.491 e. The number of hydrogen-bond donors (Lipinski definition) is 2. The summed E-state index contributed by atoms with van der Waals surface area (Å²) in [5.41, 5.74) is 1.84. The maximum atomic E-state index is 10.1. The molecule has 0 aliphatic heterocycles. The van der Waals surface area contributed by atoms with Crippen LogP contribution in [0, 0.1) is 13.8 Å². The first-order valence-electron chi connectivity index (χ1n) is 7.42. The molecule has 5 heteroatoms. The smallest absolute Gasteiger partial charge is 0.122 e. The summed E-state index contributed by atoms with van der Waals surface area (Å²) in [5.74, 6) is 0.816. The van der Waals surface area contributed by atoms with Crippen molar-refractivity contribution in [3.63, 3.8) is 0 Å². The first kappa shape index (κ1) is 16.9. The van der Waals surface area contributed by atoms with E-state index in [2.05, 4.69) is 24.1 Å². The Morgan fingerprint density at radius 2 is 2.05 bits per heavy atom. The quantitative estimate of drug-likeness (QED) is 0.823. The van der Waals surface area contributed by atoms with Gasteiger partial charge in [0.1, 0.15) is 23.5 Å². The summed E-state index contributed by atoms with van der Waals surface area (Å²) in [6.07, 6.45) is -0.569. The van der Waals surface area contributed by atoms with Crippen molar-refractivity contribution in [2.45, 2.75) is 39.3 Å². The van der Waals surface area contributed by atoms with Crippen LogP contribution in [0.1, 0.15) is 30.1 Å². The molecule has 0 fully saturated rings. The van der Waals surface area contributed by atoms with Gasteiger partial charge in [0.05, 0.1) is 5.54 Å². The molecule has 0 amide bonds. The number of para-hydroxylation sites is 1. The molecular weight excluding hydrogens is 296 g/mol. The van der Waals surface area contributed by atoms with E-state index in [1.54, 1.807) is 11.3 Å². The first-order chi connectivity index (χ1) is 10.4. The third-order valence-electron chi connectivity index (χ3n) is 3.46. The number of nitrogens with zero attached hydrogens (tertiary/aromatic N) is 1. The van der Waals surface area contributed by atoms with Gasteiger partial charge >= 0.3 is 0 Å².